The van der Waals surface area contributed by atoms with Crippen LogP contribution in [0.4, 0.5) is 0 Å². The smallest absolute Gasteiger partial charge is 0.0731 e. The van der Waals surface area contributed by atoms with Crippen LogP contribution in [0.3, 0.4) is 0 Å². The topological polar surface area (TPSA) is 50.9 Å². The van der Waals surface area contributed by atoms with Crippen molar-refractivity contribution in [2.45, 2.75) is 6.04 Å². The third-order valence-electron chi connectivity index (χ3n) is 3.38. The fourth-order valence-corrected chi connectivity index (χ4v) is 2.75. The summed E-state index contributed by atoms with van der Waals surface area (Å²) in [4.78, 5) is 4.33. The number of halogens is 1. The summed E-state index contributed by atoms with van der Waals surface area (Å²) in [5.74, 6) is 5.79. The van der Waals surface area contributed by atoms with Crippen LogP contribution in [0.15, 0.2) is 60.9 Å². The minimum absolute atomic E-state index is 0.0643. The number of hydrogen-bond acceptors (Lipinski definition) is 3. The van der Waals surface area contributed by atoms with Crippen molar-refractivity contribution in [2.24, 2.45) is 5.84 Å². The van der Waals surface area contributed by atoms with Gasteiger partial charge in [0.05, 0.1) is 6.04 Å². The minimum Gasteiger partial charge on any atom is -0.271 e. The maximum atomic E-state index is 5.79. The quantitative estimate of drug-likeness (QED) is 0.419. The van der Waals surface area contributed by atoms with Crippen LogP contribution in [-0.4, -0.2) is 4.98 Å². The molecular formula is C16H14IN3. The molecule has 100 valence electrons. The van der Waals surface area contributed by atoms with Gasteiger partial charge in [-0.2, -0.15) is 0 Å². The highest BCUT2D eigenvalue weighted by atomic mass is 127. The van der Waals surface area contributed by atoms with Gasteiger partial charge in [0, 0.05) is 26.9 Å². The molecule has 3 aromatic rings. The Bertz CT molecular complexity index is 720. The van der Waals surface area contributed by atoms with E-state index in [1.54, 1.807) is 0 Å². The number of aromatic nitrogens is 1. The Labute approximate surface area is 131 Å². The molecule has 20 heavy (non-hydrogen) atoms. The lowest BCUT2D eigenvalue weighted by Gasteiger charge is -2.18. The Balaban J connectivity index is 2.14. The number of pyridine rings is 1. The Morgan fingerprint density at radius 3 is 2.50 bits per heavy atom. The first-order valence-electron chi connectivity index (χ1n) is 6.34. The summed E-state index contributed by atoms with van der Waals surface area (Å²) in [6, 6.07) is 16.5. The molecule has 0 aliphatic carbocycles. The monoisotopic (exact) mass is 375 g/mol. The van der Waals surface area contributed by atoms with E-state index < -0.39 is 0 Å². The Morgan fingerprint density at radius 1 is 1.00 bits per heavy atom. The molecule has 0 radical (unpaired) electrons. The van der Waals surface area contributed by atoms with Crippen molar-refractivity contribution < 1.29 is 0 Å². The van der Waals surface area contributed by atoms with Crippen LogP contribution in [0.5, 0.6) is 0 Å². The molecule has 0 saturated carbocycles. The SMILES string of the molecule is NNC(c1ccc(I)cc1)c1cncc2ccccc12. The molecule has 1 aromatic heterocycles. The molecule has 1 heterocycles. The summed E-state index contributed by atoms with van der Waals surface area (Å²) in [6.45, 7) is 0. The van der Waals surface area contributed by atoms with Gasteiger partial charge in [-0.3, -0.25) is 10.8 Å². The molecule has 1 atom stereocenters. The molecule has 0 aliphatic heterocycles. The molecule has 2 aromatic carbocycles. The van der Waals surface area contributed by atoms with Crippen LogP contribution in [0.25, 0.3) is 10.8 Å². The second kappa shape index (κ2) is 5.87. The zero-order chi connectivity index (χ0) is 13.9. The average Bonchev–Trinajstić information content (AvgIpc) is 2.50. The molecule has 0 spiro atoms. The molecule has 0 bridgehead atoms. The maximum Gasteiger partial charge on any atom is 0.0731 e. The van der Waals surface area contributed by atoms with Crippen molar-refractivity contribution in [3.05, 3.63) is 75.6 Å². The third-order valence-corrected chi connectivity index (χ3v) is 4.10. The second-order valence-electron chi connectivity index (χ2n) is 4.60. The second-order valence-corrected chi connectivity index (χ2v) is 5.85. The molecule has 3 N–H and O–H groups in total. The Morgan fingerprint density at radius 2 is 1.75 bits per heavy atom. The molecule has 3 rings (SSSR count). The number of fused-ring (bicyclic) bond motifs is 1. The summed E-state index contributed by atoms with van der Waals surface area (Å²) in [6.07, 6.45) is 3.76. The molecular weight excluding hydrogens is 361 g/mol. The number of nitrogens with zero attached hydrogens (tertiary/aromatic N) is 1. The highest BCUT2D eigenvalue weighted by Gasteiger charge is 2.15. The third kappa shape index (κ3) is 2.54. The van der Waals surface area contributed by atoms with E-state index in [1.807, 2.05) is 24.5 Å². The molecule has 4 heteroatoms. The van der Waals surface area contributed by atoms with E-state index in [0.717, 1.165) is 16.5 Å². The number of hydrogen-bond donors (Lipinski definition) is 2. The lowest BCUT2D eigenvalue weighted by atomic mass is 9.96. The van der Waals surface area contributed by atoms with Crippen molar-refractivity contribution in [2.75, 3.05) is 0 Å². The van der Waals surface area contributed by atoms with E-state index >= 15 is 0 Å². The summed E-state index contributed by atoms with van der Waals surface area (Å²) in [7, 11) is 0. The highest BCUT2D eigenvalue weighted by molar-refractivity contribution is 14.1. The van der Waals surface area contributed by atoms with E-state index in [9.17, 15) is 0 Å². The van der Waals surface area contributed by atoms with Crippen molar-refractivity contribution >= 4 is 33.4 Å². The van der Waals surface area contributed by atoms with Gasteiger partial charge in [0.2, 0.25) is 0 Å². The van der Waals surface area contributed by atoms with Crippen LogP contribution < -0.4 is 11.3 Å². The molecule has 0 fully saturated rings. The van der Waals surface area contributed by atoms with E-state index in [0.29, 0.717) is 0 Å². The van der Waals surface area contributed by atoms with Crippen LogP contribution in [0.1, 0.15) is 17.2 Å². The van der Waals surface area contributed by atoms with Crippen molar-refractivity contribution in [3.63, 3.8) is 0 Å². The molecule has 1 unspecified atom stereocenters. The first-order valence-corrected chi connectivity index (χ1v) is 7.41. The number of benzene rings is 2. The van der Waals surface area contributed by atoms with Gasteiger partial charge in [-0.15, -0.1) is 0 Å². The van der Waals surface area contributed by atoms with Gasteiger partial charge >= 0.3 is 0 Å². The summed E-state index contributed by atoms with van der Waals surface area (Å²) < 4.78 is 1.21. The van der Waals surface area contributed by atoms with Crippen molar-refractivity contribution in [3.8, 4) is 0 Å². The largest absolute Gasteiger partial charge is 0.271 e. The number of nitrogens with one attached hydrogen (secondary N) is 1. The summed E-state index contributed by atoms with van der Waals surface area (Å²) in [5.41, 5.74) is 5.12. The first-order chi connectivity index (χ1) is 9.79. The van der Waals surface area contributed by atoms with E-state index in [1.165, 1.54) is 8.96 Å². The molecule has 3 nitrogen and oxygen atoms in total. The van der Waals surface area contributed by atoms with Gasteiger partial charge in [0.1, 0.15) is 0 Å². The zero-order valence-electron chi connectivity index (χ0n) is 10.8. The normalized spacial score (nSPS) is 12.5. The van der Waals surface area contributed by atoms with Crippen molar-refractivity contribution in [1.82, 2.24) is 10.4 Å². The zero-order valence-corrected chi connectivity index (χ0v) is 12.9. The minimum atomic E-state index is -0.0643. The van der Waals surface area contributed by atoms with E-state index in [-0.39, 0.29) is 6.04 Å². The molecule has 0 aliphatic rings. The number of hydrazine groups is 1. The van der Waals surface area contributed by atoms with Gasteiger partial charge < -0.3 is 0 Å². The molecule has 0 amide bonds. The fourth-order valence-electron chi connectivity index (χ4n) is 2.39. The molecule has 0 saturated heterocycles. The van der Waals surface area contributed by atoms with Crippen molar-refractivity contribution in [1.29, 1.82) is 0 Å². The van der Waals surface area contributed by atoms with Gasteiger partial charge in [-0.25, -0.2) is 5.43 Å². The van der Waals surface area contributed by atoms with Crippen LogP contribution in [0, 0.1) is 3.57 Å². The van der Waals surface area contributed by atoms with Gasteiger partial charge in [0.25, 0.3) is 0 Å². The maximum absolute atomic E-state index is 5.79. The van der Waals surface area contributed by atoms with Gasteiger partial charge in [-0.1, -0.05) is 36.4 Å². The fraction of sp³-hybridized carbons (Fsp3) is 0.0625. The summed E-state index contributed by atoms with van der Waals surface area (Å²) >= 11 is 2.30. The first kappa shape index (κ1) is 13.5. The number of rotatable bonds is 3. The predicted molar refractivity (Wildman–Crippen MR) is 90.1 cm³/mol. The van der Waals surface area contributed by atoms with Crippen LogP contribution in [0.2, 0.25) is 0 Å². The lowest BCUT2D eigenvalue weighted by Crippen LogP contribution is -2.29. The number of nitrogens with two attached hydrogens (primary N) is 1. The average molecular weight is 375 g/mol. The standard InChI is InChI=1S/C16H14IN3/c17-13-7-5-11(6-8-13)16(20-18)15-10-19-9-12-3-1-2-4-14(12)15/h1-10,16,20H,18H2. The highest BCUT2D eigenvalue weighted by Crippen LogP contribution is 2.27. The van der Waals surface area contributed by atoms with Crippen LogP contribution >= 0.6 is 22.6 Å². The Kier molecular flexibility index (Phi) is 3.95. The van der Waals surface area contributed by atoms with Crippen LogP contribution in [-0.2, 0) is 0 Å². The van der Waals surface area contributed by atoms with Gasteiger partial charge in [-0.05, 0) is 45.7 Å². The van der Waals surface area contributed by atoms with E-state index in [2.05, 4.69) is 69.4 Å². The van der Waals surface area contributed by atoms with E-state index in [4.69, 9.17) is 5.84 Å². The predicted octanol–water partition coefficient (Wildman–Crippen LogP) is 3.39. The Hall–Kier alpha value is -1.50. The van der Waals surface area contributed by atoms with Gasteiger partial charge in [0.15, 0.2) is 0 Å². The summed E-state index contributed by atoms with van der Waals surface area (Å²) in [5, 5.41) is 2.29. The lowest BCUT2D eigenvalue weighted by molar-refractivity contribution is 0.639.